The normalized spacial score (nSPS) is 14.3. The molecule has 26 heavy (non-hydrogen) atoms. The molecule has 0 radical (unpaired) electrons. The smallest absolute Gasteiger partial charge is 0.295 e. The summed E-state index contributed by atoms with van der Waals surface area (Å²) in [5.41, 5.74) is 2.93. The summed E-state index contributed by atoms with van der Waals surface area (Å²) in [6.07, 6.45) is 4.12. The zero-order chi connectivity index (χ0) is 18.8. The van der Waals surface area contributed by atoms with E-state index in [1.54, 1.807) is 9.36 Å². The number of ketones is 2. The Morgan fingerprint density at radius 1 is 1.00 bits per heavy atom. The van der Waals surface area contributed by atoms with Gasteiger partial charge in [0.05, 0.1) is 11.4 Å². The molecule has 6 heteroatoms. The Morgan fingerprint density at radius 3 is 2.31 bits per heavy atom. The minimum absolute atomic E-state index is 0.211. The summed E-state index contributed by atoms with van der Waals surface area (Å²) < 4.78 is 3.33. The number of carbonyl (C=O) groups excluding carboxylic acids is 2. The lowest BCUT2D eigenvalue weighted by molar-refractivity contribution is -0.131. The average Bonchev–Trinajstić information content (AvgIpc) is 2.83. The van der Waals surface area contributed by atoms with E-state index in [2.05, 4.69) is 5.32 Å². The fraction of sp³-hybridized carbons (Fsp3) is 0.250. The first-order chi connectivity index (χ1) is 12.4. The van der Waals surface area contributed by atoms with Crippen molar-refractivity contribution in [3.8, 4) is 5.69 Å². The van der Waals surface area contributed by atoms with Gasteiger partial charge in [-0.1, -0.05) is 31.5 Å². The maximum absolute atomic E-state index is 13.0. The number of anilines is 1. The number of aromatic nitrogens is 2. The predicted octanol–water partition coefficient (Wildman–Crippen LogP) is 2.66. The molecule has 6 nitrogen and oxygen atoms in total. The molecule has 0 atom stereocenters. The number of allylic oxidation sites excluding steroid dienone is 3. The van der Waals surface area contributed by atoms with Gasteiger partial charge in [0.1, 0.15) is 5.69 Å². The Kier molecular flexibility index (Phi) is 4.75. The molecular formula is C20H21N3O3. The summed E-state index contributed by atoms with van der Waals surface area (Å²) >= 11 is 0. The number of para-hydroxylation sites is 1. The number of carbonyl (C=O) groups is 2. The third kappa shape index (κ3) is 3.06. The lowest BCUT2D eigenvalue weighted by Crippen LogP contribution is -2.23. The van der Waals surface area contributed by atoms with Crippen LogP contribution in [0.1, 0.15) is 25.5 Å². The molecule has 0 spiro atoms. The van der Waals surface area contributed by atoms with Crippen molar-refractivity contribution in [3.05, 3.63) is 69.8 Å². The molecule has 0 bridgehead atoms. The zero-order valence-corrected chi connectivity index (χ0v) is 15.1. The van der Waals surface area contributed by atoms with Crippen LogP contribution < -0.4 is 10.9 Å². The van der Waals surface area contributed by atoms with Gasteiger partial charge < -0.3 is 5.32 Å². The highest BCUT2D eigenvalue weighted by molar-refractivity contribution is 6.46. The first kappa shape index (κ1) is 17.7. The Labute approximate surface area is 151 Å². The number of rotatable bonds is 5. The van der Waals surface area contributed by atoms with E-state index in [1.807, 2.05) is 51.2 Å². The predicted molar refractivity (Wildman–Crippen MR) is 100 cm³/mol. The number of nitrogens with zero attached hydrogens (tertiary/aromatic N) is 2. The van der Waals surface area contributed by atoms with Crippen molar-refractivity contribution in [2.24, 2.45) is 7.05 Å². The van der Waals surface area contributed by atoms with Crippen LogP contribution >= 0.6 is 0 Å². The SMILES string of the molecule is CCCC1=CC(=O)C(=O)C=C1Nc1c(C)n(C)n(-c2ccccc2)c1=O. The molecule has 3 rings (SSSR count). The second kappa shape index (κ2) is 7.00. The molecule has 1 aliphatic rings. The van der Waals surface area contributed by atoms with Gasteiger partial charge >= 0.3 is 0 Å². The van der Waals surface area contributed by atoms with Gasteiger partial charge in [-0.25, -0.2) is 4.68 Å². The molecule has 0 aliphatic heterocycles. The Hall–Kier alpha value is -3.15. The highest BCUT2D eigenvalue weighted by atomic mass is 16.2. The van der Waals surface area contributed by atoms with Gasteiger partial charge in [-0.2, -0.15) is 0 Å². The molecular weight excluding hydrogens is 330 g/mol. The van der Waals surface area contributed by atoms with Crippen molar-refractivity contribution in [3.63, 3.8) is 0 Å². The summed E-state index contributed by atoms with van der Waals surface area (Å²) in [6.45, 7) is 3.83. The lowest BCUT2D eigenvalue weighted by Gasteiger charge is -2.16. The summed E-state index contributed by atoms with van der Waals surface area (Å²) in [5, 5.41) is 3.10. The summed E-state index contributed by atoms with van der Waals surface area (Å²) in [7, 11) is 1.81. The second-order valence-corrected chi connectivity index (χ2v) is 6.27. The first-order valence-electron chi connectivity index (χ1n) is 8.56. The van der Waals surface area contributed by atoms with E-state index < -0.39 is 11.6 Å². The van der Waals surface area contributed by atoms with Crippen LogP contribution in [0.5, 0.6) is 0 Å². The van der Waals surface area contributed by atoms with Crippen LogP contribution in [0.4, 0.5) is 5.69 Å². The van der Waals surface area contributed by atoms with Gasteiger partial charge in [-0.15, -0.1) is 0 Å². The van der Waals surface area contributed by atoms with Crippen LogP contribution in [-0.4, -0.2) is 20.9 Å². The molecule has 0 saturated carbocycles. The highest BCUT2D eigenvalue weighted by Gasteiger charge is 2.23. The van der Waals surface area contributed by atoms with E-state index in [-0.39, 0.29) is 5.56 Å². The maximum atomic E-state index is 13.0. The van der Waals surface area contributed by atoms with Crippen molar-refractivity contribution in [1.82, 2.24) is 9.36 Å². The van der Waals surface area contributed by atoms with E-state index in [4.69, 9.17) is 0 Å². The standard InChI is InChI=1S/C20H21N3O3/c1-4-8-14-11-17(24)18(25)12-16(14)21-19-13(2)22(3)23(20(19)26)15-9-6-5-7-10-15/h5-7,9-12,21H,4,8H2,1-3H3. The van der Waals surface area contributed by atoms with Crippen molar-refractivity contribution >= 4 is 17.3 Å². The molecule has 134 valence electrons. The number of nitrogens with one attached hydrogen (secondary N) is 1. The van der Waals surface area contributed by atoms with E-state index in [0.29, 0.717) is 17.8 Å². The van der Waals surface area contributed by atoms with Gasteiger partial charge in [0.25, 0.3) is 5.56 Å². The molecule has 1 aromatic carbocycles. The van der Waals surface area contributed by atoms with Crippen LogP contribution in [0.2, 0.25) is 0 Å². The van der Waals surface area contributed by atoms with E-state index >= 15 is 0 Å². The zero-order valence-electron chi connectivity index (χ0n) is 15.1. The number of benzene rings is 1. The van der Waals surface area contributed by atoms with Crippen LogP contribution in [0, 0.1) is 6.92 Å². The van der Waals surface area contributed by atoms with Gasteiger partial charge in [0.2, 0.25) is 11.6 Å². The second-order valence-electron chi connectivity index (χ2n) is 6.27. The molecule has 0 saturated heterocycles. The van der Waals surface area contributed by atoms with Crippen molar-refractivity contribution in [2.75, 3.05) is 5.32 Å². The molecule has 0 amide bonds. The fourth-order valence-corrected chi connectivity index (χ4v) is 3.04. The third-order valence-electron chi connectivity index (χ3n) is 4.50. The maximum Gasteiger partial charge on any atom is 0.295 e. The highest BCUT2D eigenvalue weighted by Crippen LogP contribution is 2.23. The topological polar surface area (TPSA) is 73.1 Å². The Bertz CT molecular complexity index is 991. The molecule has 2 aromatic rings. The Balaban J connectivity index is 2.05. The van der Waals surface area contributed by atoms with Crippen LogP contribution in [0.25, 0.3) is 5.69 Å². The van der Waals surface area contributed by atoms with E-state index in [0.717, 1.165) is 23.4 Å². The van der Waals surface area contributed by atoms with Crippen LogP contribution in [-0.2, 0) is 16.6 Å². The molecule has 1 aliphatic carbocycles. The molecule has 0 unspecified atom stereocenters. The van der Waals surface area contributed by atoms with Gasteiger partial charge in [-0.3, -0.25) is 19.1 Å². The summed E-state index contributed by atoms with van der Waals surface area (Å²) in [5.74, 6) is -1.10. The van der Waals surface area contributed by atoms with Crippen molar-refractivity contribution in [2.45, 2.75) is 26.7 Å². The number of hydrogen-bond donors (Lipinski definition) is 1. The van der Waals surface area contributed by atoms with E-state index in [9.17, 15) is 14.4 Å². The third-order valence-corrected chi connectivity index (χ3v) is 4.50. The average molecular weight is 351 g/mol. The quantitative estimate of drug-likeness (QED) is 0.664. The van der Waals surface area contributed by atoms with Crippen LogP contribution in [0.15, 0.2) is 58.5 Å². The van der Waals surface area contributed by atoms with Gasteiger partial charge in [-0.05, 0) is 37.1 Å². The number of hydrogen-bond acceptors (Lipinski definition) is 4. The monoisotopic (exact) mass is 351 g/mol. The minimum Gasteiger partial charge on any atom is -0.349 e. The largest absolute Gasteiger partial charge is 0.349 e. The molecule has 1 aromatic heterocycles. The van der Waals surface area contributed by atoms with E-state index in [1.165, 1.54) is 12.2 Å². The molecule has 1 N–H and O–H groups in total. The molecule has 1 heterocycles. The van der Waals surface area contributed by atoms with Gasteiger partial charge in [0.15, 0.2) is 0 Å². The first-order valence-corrected chi connectivity index (χ1v) is 8.56. The fourth-order valence-electron chi connectivity index (χ4n) is 3.04. The lowest BCUT2D eigenvalue weighted by atomic mass is 9.97. The molecule has 0 fully saturated rings. The minimum atomic E-state index is -0.579. The van der Waals surface area contributed by atoms with Crippen LogP contribution in [0.3, 0.4) is 0 Å². The van der Waals surface area contributed by atoms with Crippen molar-refractivity contribution < 1.29 is 9.59 Å². The summed E-state index contributed by atoms with van der Waals surface area (Å²) in [4.78, 5) is 36.5. The van der Waals surface area contributed by atoms with Crippen molar-refractivity contribution in [1.29, 1.82) is 0 Å². The Morgan fingerprint density at radius 2 is 1.65 bits per heavy atom. The van der Waals surface area contributed by atoms with Gasteiger partial charge in [0, 0.05) is 18.8 Å². The summed E-state index contributed by atoms with van der Waals surface area (Å²) in [6, 6.07) is 9.34.